The number of phenols is 2. The van der Waals surface area contributed by atoms with Crippen molar-refractivity contribution in [3.63, 3.8) is 0 Å². The van der Waals surface area contributed by atoms with Gasteiger partial charge in [0.05, 0.1) is 5.92 Å². The summed E-state index contributed by atoms with van der Waals surface area (Å²) in [4.78, 5) is 0. The average Bonchev–Trinajstić information content (AvgIpc) is 2.46. The highest BCUT2D eigenvalue weighted by molar-refractivity contribution is 5.33. The van der Waals surface area contributed by atoms with Crippen LogP contribution in [-0.2, 0) is 6.42 Å². The van der Waals surface area contributed by atoms with Gasteiger partial charge in [-0.2, -0.15) is 22.0 Å². The summed E-state index contributed by atoms with van der Waals surface area (Å²) in [5, 5.41) is 18.4. The molecule has 0 aliphatic heterocycles. The lowest BCUT2D eigenvalue weighted by molar-refractivity contribution is -0.291. The summed E-state index contributed by atoms with van der Waals surface area (Å²) in [5.41, 5.74) is -0.0111. The second-order valence-electron chi connectivity index (χ2n) is 5.14. The molecule has 0 radical (unpaired) electrons. The predicted molar refractivity (Wildman–Crippen MR) is 73.7 cm³/mol. The fourth-order valence-electron chi connectivity index (χ4n) is 2.23. The normalized spacial score (nSPS) is 13.8. The molecule has 0 aliphatic rings. The summed E-state index contributed by atoms with van der Waals surface area (Å²) in [6.07, 6.45) is -6.27. The largest absolute Gasteiger partial charge is 0.508 e. The quantitative estimate of drug-likeness (QED) is 0.802. The summed E-state index contributed by atoms with van der Waals surface area (Å²) in [7, 11) is 0. The first-order valence-corrected chi connectivity index (χ1v) is 6.62. The Hall–Kier alpha value is -2.31. The van der Waals surface area contributed by atoms with Gasteiger partial charge in [0, 0.05) is 0 Å². The van der Waals surface area contributed by atoms with E-state index >= 15 is 0 Å². The van der Waals surface area contributed by atoms with E-state index < -0.39 is 24.4 Å². The minimum absolute atomic E-state index is 0.113. The van der Waals surface area contributed by atoms with Crippen LogP contribution >= 0.6 is 0 Å². The maximum atomic E-state index is 13.9. The molecule has 2 nitrogen and oxygen atoms in total. The van der Waals surface area contributed by atoms with Gasteiger partial charge in [-0.25, -0.2) is 0 Å². The van der Waals surface area contributed by atoms with Crippen molar-refractivity contribution in [1.82, 2.24) is 0 Å². The number of aromatic hydroxyl groups is 2. The van der Waals surface area contributed by atoms with E-state index in [1.54, 1.807) is 0 Å². The van der Waals surface area contributed by atoms with Crippen molar-refractivity contribution < 1.29 is 32.2 Å². The molecule has 0 saturated carbocycles. The van der Waals surface area contributed by atoms with E-state index in [1.165, 1.54) is 24.3 Å². The number of halogens is 5. The van der Waals surface area contributed by atoms with Gasteiger partial charge < -0.3 is 10.2 Å². The van der Waals surface area contributed by atoms with Gasteiger partial charge in [-0.1, -0.05) is 24.3 Å². The van der Waals surface area contributed by atoms with Gasteiger partial charge in [0.15, 0.2) is 0 Å². The van der Waals surface area contributed by atoms with Crippen molar-refractivity contribution >= 4 is 0 Å². The summed E-state index contributed by atoms with van der Waals surface area (Å²) < 4.78 is 66.1. The van der Waals surface area contributed by atoms with Crippen LogP contribution in [0.15, 0.2) is 48.5 Å². The average molecular weight is 332 g/mol. The van der Waals surface area contributed by atoms with Crippen LogP contribution in [0.5, 0.6) is 11.5 Å². The van der Waals surface area contributed by atoms with Gasteiger partial charge in [-0.05, 0) is 41.8 Å². The first kappa shape index (κ1) is 17.1. The van der Waals surface area contributed by atoms with Crippen LogP contribution in [0.1, 0.15) is 17.0 Å². The van der Waals surface area contributed by atoms with Gasteiger partial charge in [0.25, 0.3) is 0 Å². The Morgan fingerprint density at radius 1 is 0.739 bits per heavy atom. The number of phenolic OH excluding ortho intramolecular Hbond substituents is 2. The van der Waals surface area contributed by atoms with Crippen LogP contribution in [0.2, 0.25) is 0 Å². The predicted octanol–water partition coefficient (Wildman–Crippen LogP) is 4.62. The highest BCUT2D eigenvalue weighted by atomic mass is 19.4. The van der Waals surface area contributed by atoms with Crippen LogP contribution in [-0.4, -0.2) is 22.3 Å². The van der Waals surface area contributed by atoms with Crippen LogP contribution in [0.25, 0.3) is 0 Å². The molecule has 7 heteroatoms. The van der Waals surface area contributed by atoms with Crippen molar-refractivity contribution in [2.75, 3.05) is 0 Å². The van der Waals surface area contributed by atoms with Gasteiger partial charge >= 0.3 is 12.1 Å². The Labute approximate surface area is 128 Å². The zero-order chi connectivity index (χ0) is 17.3. The number of hydrogen-bond donors (Lipinski definition) is 2. The molecule has 0 heterocycles. The second kappa shape index (κ2) is 6.06. The third kappa shape index (κ3) is 3.72. The smallest absolute Gasteiger partial charge is 0.453 e. The highest BCUT2D eigenvalue weighted by Gasteiger charge is 2.62. The number of hydrogen-bond acceptors (Lipinski definition) is 2. The zero-order valence-electron chi connectivity index (χ0n) is 11.7. The first-order valence-electron chi connectivity index (χ1n) is 6.62. The third-order valence-corrected chi connectivity index (χ3v) is 3.49. The number of benzene rings is 2. The molecule has 0 spiro atoms. The monoisotopic (exact) mass is 332 g/mol. The molecule has 2 aromatic rings. The Bertz CT molecular complexity index is 648. The lowest BCUT2D eigenvalue weighted by atomic mass is 9.86. The summed E-state index contributed by atoms with van der Waals surface area (Å²) in [6.45, 7) is 0. The van der Waals surface area contributed by atoms with Crippen LogP contribution in [0.4, 0.5) is 22.0 Å². The fourth-order valence-corrected chi connectivity index (χ4v) is 2.23. The summed E-state index contributed by atoms with van der Waals surface area (Å²) in [5.74, 6) is -7.43. The molecular weight excluding hydrogens is 319 g/mol. The minimum Gasteiger partial charge on any atom is -0.508 e. The van der Waals surface area contributed by atoms with Crippen LogP contribution < -0.4 is 0 Å². The van der Waals surface area contributed by atoms with Crippen molar-refractivity contribution in [2.24, 2.45) is 0 Å². The van der Waals surface area contributed by atoms with Crippen molar-refractivity contribution in [2.45, 2.75) is 24.4 Å². The molecule has 23 heavy (non-hydrogen) atoms. The maximum Gasteiger partial charge on any atom is 0.453 e. The van der Waals surface area contributed by atoms with Gasteiger partial charge in [-0.3, -0.25) is 0 Å². The van der Waals surface area contributed by atoms with E-state index in [2.05, 4.69) is 0 Å². The van der Waals surface area contributed by atoms with E-state index in [-0.39, 0.29) is 22.6 Å². The lowest BCUT2D eigenvalue weighted by Crippen LogP contribution is -2.43. The third-order valence-electron chi connectivity index (χ3n) is 3.49. The van der Waals surface area contributed by atoms with E-state index in [4.69, 9.17) is 0 Å². The highest BCUT2D eigenvalue weighted by Crippen LogP contribution is 2.47. The molecule has 124 valence electrons. The van der Waals surface area contributed by atoms with Crippen LogP contribution in [0, 0.1) is 0 Å². The molecule has 0 unspecified atom stereocenters. The van der Waals surface area contributed by atoms with Gasteiger partial charge in [-0.15, -0.1) is 0 Å². The molecule has 2 aromatic carbocycles. The SMILES string of the molecule is Oc1ccc(C[C@@H](c2ccc(O)cc2)C(F)(F)C(F)(F)F)cc1. The summed E-state index contributed by atoms with van der Waals surface area (Å²) in [6, 6.07) is 9.21. The van der Waals surface area contributed by atoms with Gasteiger partial charge in [0.1, 0.15) is 11.5 Å². The minimum atomic E-state index is -5.70. The molecule has 2 rings (SSSR count). The van der Waals surface area contributed by atoms with Crippen molar-refractivity contribution in [1.29, 1.82) is 0 Å². The Kier molecular flexibility index (Phi) is 4.49. The Morgan fingerprint density at radius 3 is 1.61 bits per heavy atom. The molecule has 0 aliphatic carbocycles. The van der Waals surface area contributed by atoms with E-state index in [0.29, 0.717) is 0 Å². The fraction of sp³-hybridized carbons (Fsp3) is 0.250. The van der Waals surface area contributed by atoms with Gasteiger partial charge in [0.2, 0.25) is 0 Å². The molecule has 0 amide bonds. The molecule has 0 aromatic heterocycles. The van der Waals surface area contributed by atoms with Crippen molar-refractivity contribution in [3.8, 4) is 11.5 Å². The zero-order valence-corrected chi connectivity index (χ0v) is 11.7. The Morgan fingerprint density at radius 2 is 1.17 bits per heavy atom. The van der Waals surface area contributed by atoms with E-state index in [1.807, 2.05) is 0 Å². The molecule has 0 bridgehead atoms. The second-order valence-corrected chi connectivity index (χ2v) is 5.14. The molecular formula is C16H13F5O2. The summed E-state index contributed by atoms with van der Waals surface area (Å²) >= 11 is 0. The first-order chi connectivity index (χ1) is 10.6. The molecule has 0 fully saturated rings. The standard InChI is InChI=1S/C16H13F5O2/c17-15(18,16(19,20)21)14(11-3-7-13(23)8-4-11)9-10-1-5-12(22)6-2-10/h1-8,14,22-23H,9H2/t14-/m0/s1. The maximum absolute atomic E-state index is 13.9. The van der Waals surface area contributed by atoms with E-state index in [9.17, 15) is 32.2 Å². The molecule has 2 N–H and O–H groups in total. The topological polar surface area (TPSA) is 40.5 Å². The Balaban J connectivity index is 2.42. The molecule has 1 atom stereocenters. The number of alkyl halides is 5. The number of rotatable bonds is 4. The van der Waals surface area contributed by atoms with Crippen molar-refractivity contribution in [3.05, 3.63) is 59.7 Å². The molecule has 0 saturated heterocycles. The van der Waals surface area contributed by atoms with Crippen LogP contribution in [0.3, 0.4) is 0 Å². The van der Waals surface area contributed by atoms with E-state index in [0.717, 1.165) is 24.3 Å². The lowest BCUT2D eigenvalue weighted by Gasteiger charge is -2.29.